The first-order valence-electron chi connectivity index (χ1n) is 9.70. The largest absolute Gasteiger partial charge is 0.379 e. The fraction of sp³-hybridized carbons (Fsp3) is 0.944. The van der Waals surface area contributed by atoms with Gasteiger partial charge < -0.3 is 20.3 Å². The van der Waals surface area contributed by atoms with Gasteiger partial charge in [-0.2, -0.15) is 0 Å². The van der Waals surface area contributed by atoms with Crippen LogP contribution in [0, 0.1) is 0 Å². The van der Waals surface area contributed by atoms with Gasteiger partial charge in [-0.3, -0.25) is 9.89 Å². The van der Waals surface area contributed by atoms with Crippen LogP contribution in [0.25, 0.3) is 0 Å². The van der Waals surface area contributed by atoms with E-state index >= 15 is 0 Å². The van der Waals surface area contributed by atoms with Gasteiger partial charge in [-0.05, 0) is 40.5 Å². The standard InChI is InChI=1S/C18H37N5O.HI/c1-5-19-18(20-14-16(4)23-10-12-24-13-11-23)21-17-6-8-22(9-7-17)15(2)3;/h15-17H,5-14H2,1-4H3,(H2,19,20,21);1H. The van der Waals surface area contributed by atoms with Crippen LogP contribution in [-0.4, -0.2) is 86.4 Å². The van der Waals surface area contributed by atoms with Gasteiger partial charge in [0.15, 0.2) is 5.96 Å². The maximum absolute atomic E-state index is 5.43. The van der Waals surface area contributed by atoms with E-state index in [-0.39, 0.29) is 24.0 Å². The van der Waals surface area contributed by atoms with Crippen molar-refractivity contribution < 1.29 is 4.74 Å². The molecule has 2 heterocycles. The number of guanidine groups is 1. The number of ether oxygens (including phenoxy) is 1. The zero-order chi connectivity index (χ0) is 17.4. The number of hydrogen-bond acceptors (Lipinski definition) is 4. The Kier molecular flexibility index (Phi) is 11.3. The molecular weight excluding hydrogens is 429 g/mol. The number of likely N-dealkylation sites (tertiary alicyclic amines) is 1. The second-order valence-corrected chi connectivity index (χ2v) is 7.27. The van der Waals surface area contributed by atoms with Gasteiger partial charge in [-0.25, -0.2) is 0 Å². The van der Waals surface area contributed by atoms with Gasteiger partial charge >= 0.3 is 0 Å². The van der Waals surface area contributed by atoms with E-state index in [4.69, 9.17) is 9.73 Å². The highest BCUT2D eigenvalue weighted by Gasteiger charge is 2.22. The number of aliphatic imine (C=N–C) groups is 1. The third-order valence-electron chi connectivity index (χ3n) is 5.13. The Labute approximate surface area is 171 Å². The highest BCUT2D eigenvalue weighted by atomic mass is 127. The molecule has 0 aromatic heterocycles. The molecule has 6 nitrogen and oxygen atoms in total. The summed E-state index contributed by atoms with van der Waals surface area (Å²) in [6.07, 6.45) is 2.39. The van der Waals surface area contributed by atoms with Crippen LogP contribution in [0.2, 0.25) is 0 Å². The first-order valence-corrected chi connectivity index (χ1v) is 9.70. The molecule has 25 heavy (non-hydrogen) atoms. The number of nitrogens with zero attached hydrogens (tertiary/aromatic N) is 3. The molecule has 0 amide bonds. The summed E-state index contributed by atoms with van der Waals surface area (Å²) in [4.78, 5) is 9.86. The summed E-state index contributed by atoms with van der Waals surface area (Å²) in [5, 5.41) is 7.05. The fourth-order valence-corrected chi connectivity index (χ4v) is 3.43. The average Bonchev–Trinajstić information content (AvgIpc) is 2.61. The summed E-state index contributed by atoms with van der Waals surface area (Å²) < 4.78 is 5.43. The fourth-order valence-electron chi connectivity index (χ4n) is 3.43. The minimum Gasteiger partial charge on any atom is -0.379 e. The van der Waals surface area contributed by atoms with Crippen LogP contribution >= 0.6 is 24.0 Å². The zero-order valence-electron chi connectivity index (χ0n) is 16.5. The Balaban J connectivity index is 0.00000312. The molecule has 0 aromatic carbocycles. The molecule has 2 saturated heterocycles. The smallest absolute Gasteiger partial charge is 0.191 e. The monoisotopic (exact) mass is 467 g/mol. The van der Waals surface area contributed by atoms with E-state index in [1.165, 1.54) is 25.9 Å². The van der Waals surface area contributed by atoms with Gasteiger partial charge in [-0.15, -0.1) is 24.0 Å². The lowest BCUT2D eigenvalue weighted by Gasteiger charge is -2.35. The Hall–Kier alpha value is -0.120. The maximum Gasteiger partial charge on any atom is 0.191 e. The van der Waals surface area contributed by atoms with E-state index in [1.807, 2.05) is 0 Å². The van der Waals surface area contributed by atoms with Crippen molar-refractivity contribution in [3.05, 3.63) is 0 Å². The normalized spacial score (nSPS) is 22.5. The van der Waals surface area contributed by atoms with E-state index in [0.29, 0.717) is 18.1 Å². The minimum atomic E-state index is 0. The van der Waals surface area contributed by atoms with Gasteiger partial charge in [0.25, 0.3) is 0 Å². The molecule has 2 N–H and O–H groups in total. The lowest BCUT2D eigenvalue weighted by molar-refractivity contribution is 0.0220. The first-order chi connectivity index (χ1) is 11.6. The zero-order valence-corrected chi connectivity index (χ0v) is 18.8. The number of rotatable bonds is 6. The molecule has 0 saturated carbocycles. The molecule has 0 aromatic rings. The molecule has 7 heteroatoms. The van der Waals surface area contributed by atoms with Gasteiger partial charge in [0.1, 0.15) is 0 Å². The third kappa shape index (κ3) is 7.97. The Bertz CT molecular complexity index is 380. The Morgan fingerprint density at radius 3 is 2.28 bits per heavy atom. The van der Waals surface area contributed by atoms with Crippen LogP contribution in [0.15, 0.2) is 4.99 Å². The third-order valence-corrected chi connectivity index (χ3v) is 5.13. The number of piperidine rings is 1. The van der Waals surface area contributed by atoms with Gasteiger partial charge in [0.2, 0.25) is 0 Å². The van der Waals surface area contributed by atoms with Crippen molar-refractivity contribution in [3.8, 4) is 0 Å². The Morgan fingerprint density at radius 1 is 1.08 bits per heavy atom. The van der Waals surface area contributed by atoms with Crippen LogP contribution in [0.3, 0.4) is 0 Å². The molecule has 0 radical (unpaired) electrons. The predicted octanol–water partition coefficient (Wildman–Crippen LogP) is 1.75. The number of halogens is 1. The van der Waals surface area contributed by atoms with E-state index in [0.717, 1.165) is 45.4 Å². The molecule has 2 rings (SSSR count). The van der Waals surface area contributed by atoms with Crippen LogP contribution < -0.4 is 10.6 Å². The summed E-state index contributed by atoms with van der Waals surface area (Å²) >= 11 is 0. The maximum atomic E-state index is 5.43. The molecular formula is C18H38IN5O. The van der Waals surface area contributed by atoms with Gasteiger partial charge in [0.05, 0.1) is 19.8 Å². The van der Waals surface area contributed by atoms with E-state index in [1.54, 1.807) is 0 Å². The molecule has 2 fully saturated rings. The molecule has 2 aliphatic heterocycles. The topological polar surface area (TPSA) is 52.1 Å². The molecule has 0 bridgehead atoms. The highest BCUT2D eigenvalue weighted by molar-refractivity contribution is 14.0. The van der Waals surface area contributed by atoms with Crippen molar-refractivity contribution in [3.63, 3.8) is 0 Å². The number of morpholine rings is 1. The number of nitrogens with one attached hydrogen (secondary N) is 2. The molecule has 1 unspecified atom stereocenters. The van der Waals surface area contributed by atoms with E-state index in [9.17, 15) is 0 Å². The van der Waals surface area contributed by atoms with Gasteiger partial charge in [0, 0.05) is 50.8 Å². The second-order valence-electron chi connectivity index (χ2n) is 7.27. The summed E-state index contributed by atoms with van der Waals surface area (Å²) in [7, 11) is 0. The van der Waals surface area contributed by atoms with Crippen molar-refractivity contribution in [2.75, 3.05) is 52.5 Å². The lowest BCUT2D eigenvalue weighted by Crippen LogP contribution is -2.50. The molecule has 1 atom stereocenters. The minimum absolute atomic E-state index is 0. The second kappa shape index (κ2) is 12.3. The van der Waals surface area contributed by atoms with Crippen LogP contribution in [-0.2, 0) is 4.74 Å². The quantitative estimate of drug-likeness (QED) is 0.354. The Morgan fingerprint density at radius 2 is 1.72 bits per heavy atom. The lowest BCUT2D eigenvalue weighted by atomic mass is 10.0. The summed E-state index contributed by atoms with van der Waals surface area (Å²) in [6, 6.07) is 1.66. The summed E-state index contributed by atoms with van der Waals surface area (Å²) in [5.74, 6) is 0.973. The molecule has 2 aliphatic rings. The SMILES string of the molecule is CCNC(=NCC(C)N1CCOCC1)NC1CCN(C(C)C)CC1.I. The van der Waals surface area contributed by atoms with Crippen molar-refractivity contribution in [2.45, 2.75) is 58.7 Å². The molecule has 0 spiro atoms. The number of hydrogen-bond donors (Lipinski definition) is 2. The van der Waals surface area contributed by atoms with E-state index in [2.05, 4.69) is 48.1 Å². The highest BCUT2D eigenvalue weighted by Crippen LogP contribution is 2.13. The molecule has 148 valence electrons. The average molecular weight is 467 g/mol. The van der Waals surface area contributed by atoms with Crippen LogP contribution in [0.5, 0.6) is 0 Å². The van der Waals surface area contributed by atoms with Gasteiger partial charge in [-0.1, -0.05) is 0 Å². The summed E-state index contributed by atoms with van der Waals surface area (Å²) in [5.41, 5.74) is 0. The van der Waals surface area contributed by atoms with Crippen molar-refractivity contribution in [2.24, 2.45) is 4.99 Å². The molecule has 0 aliphatic carbocycles. The predicted molar refractivity (Wildman–Crippen MR) is 116 cm³/mol. The van der Waals surface area contributed by atoms with E-state index < -0.39 is 0 Å². The van der Waals surface area contributed by atoms with Crippen LogP contribution in [0.1, 0.15) is 40.5 Å². The van der Waals surface area contributed by atoms with Crippen molar-refractivity contribution >= 4 is 29.9 Å². The summed E-state index contributed by atoms with van der Waals surface area (Å²) in [6.45, 7) is 16.8. The first kappa shape index (κ1) is 22.9. The van der Waals surface area contributed by atoms with Crippen LogP contribution in [0.4, 0.5) is 0 Å². The van der Waals surface area contributed by atoms with Crippen molar-refractivity contribution in [1.82, 2.24) is 20.4 Å². The van der Waals surface area contributed by atoms with Crippen molar-refractivity contribution in [1.29, 1.82) is 0 Å².